The zero-order valence-corrected chi connectivity index (χ0v) is 13.3. The monoisotopic (exact) mass is 325 g/mol. The molecule has 1 aromatic carbocycles. The van der Waals surface area contributed by atoms with Gasteiger partial charge in [0, 0.05) is 23.1 Å². The number of carbonyl (C=O) groups is 1. The normalized spacial score (nSPS) is 18.2. The highest BCUT2D eigenvalue weighted by Crippen LogP contribution is 2.31. The average Bonchev–Trinajstić information content (AvgIpc) is 2.37. The summed E-state index contributed by atoms with van der Waals surface area (Å²) in [7, 11) is 1.61. The van der Waals surface area contributed by atoms with E-state index >= 15 is 0 Å². The van der Waals surface area contributed by atoms with Gasteiger partial charge < -0.3 is 9.64 Å². The van der Waals surface area contributed by atoms with Crippen molar-refractivity contribution in [3.05, 3.63) is 28.2 Å². The number of piperidine rings is 1. The molecular weight excluding hydrogens is 306 g/mol. The van der Waals surface area contributed by atoms with Crippen LogP contribution in [0.3, 0.4) is 0 Å². The lowest BCUT2D eigenvalue weighted by Gasteiger charge is -2.37. The fourth-order valence-electron chi connectivity index (χ4n) is 2.30. The molecule has 1 amide bonds. The lowest BCUT2D eigenvalue weighted by molar-refractivity contribution is 0.0630. The summed E-state index contributed by atoms with van der Waals surface area (Å²) in [6.07, 6.45) is 2.12. The van der Waals surface area contributed by atoms with Crippen molar-refractivity contribution in [3.8, 4) is 5.75 Å². The van der Waals surface area contributed by atoms with E-state index in [-0.39, 0.29) is 5.91 Å². The van der Waals surface area contributed by atoms with Gasteiger partial charge in [-0.3, -0.25) is 4.79 Å². The molecule has 4 heteroatoms. The predicted molar refractivity (Wildman–Crippen MR) is 79.6 cm³/mol. The highest BCUT2D eigenvalue weighted by molar-refractivity contribution is 9.10. The summed E-state index contributed by atoms with van der Waals surface area (Å²) in [5, 5.41) is 0. The molecule has 0 aromatic heterocycles. The third-order valence-corrected chi connectivity index (χ3v) is 4.22. The molecular formula is C15H20BrNO2. The molecule has 1 aromatic rings. The van der Waals surface area contributed by atoms with Crippen LogP contribution in [0.25, 0.3) is 0 Å². The molecule has 1 saturated heterocycles. The molecule has 0 unspecified atom stereocenters. The van der Waals surface area contributed by atoms with Gasteiger partial charge in [-0.1, -0.05) is 29.8 Å². The number of hydrogen-bond acceptors (Lipinski definition) is 2. The van der Waals surface area contributed by atoms with Crippen LogP contribution in [-0.2, 0) is 0 Å². The Labute approximate surface area is 123 Å². The summed E-state index contributed by atoms with van der Waals surface area (Å²) < 4.78 is 6.07. The molecule has 3 nitrogen and oxygen atoms in total. The Morgan fingerprint density at radius 2 is 1.89 bits per heavy atom. The van der Waals surface area contributed by atoms with Gasteiger partial charge in [-0.15, -0.1) is 0 Å². The maximum Gasteiger partial charge on any atom is 0.254 e. The Bertz CT molecular complexity index is 475. The van der Waals surface area contributed by atoms with Crippen LogP contribution in [0, 0.1) is 5.41 Å². The largest absolute Gasteiger partial charge is 0.497 e. The first kappa shape index (κ1) is 14.4. The number of hydrogen-bond donors (Lipinski definition) is 0. The van der Waals surface area contributed by atoms with Crippen molar-refractivity contribution in [2.75, 3.05) is 20.2 Å². The zero-order chi connectivity index (χ0) is 14.0. The second-order valence-corrected chi connectivity index (χ2v) is 6.75. The molecule has 0 atom stereocenters. The summed E-state index contributed by atoms with van der Waals surface area (Å²) in [5.74, 6) is 0.796. The van der Waals surface area contributed by atoms with Gasteiger partial charge in [0.05, 0.1) is 7.11 Å². The van der Waals surface area contributed by atoms with Crippen LogP contribution in [0.5, 0.6) is 5.75 Å². The molecule has 0 spiro atoms. The second kappa shape index (κ2) is 5.53. The molecule has 104 valence electrons. The Morgan fingerprint density at radius 1 is 1.26 bits per heavy atom. The van der Waals surface area contributed by atoms with Crippen LogP contribution in [0.15, 0.2) is 22.7 Å². The lowest BCUT2D eigenvalue weighted by atomic mass is 9.82. The number of rotatable bonds is 2. The molecule has 2 rings (SSSR count). The quantitative estimate of drug-likeness (QED) is 0.829. The Morgan fingerprint density at radius 3 is 2.47 bits per heavy atom. The van der Waals surface area contributed by atoms with Crippen molar-refractivity contribution in [2.24, 2.45) is 5.41 Å². The summed E-state index contributed by atoms with van der Waals surface area (Å²) in [6, 6.07) is 5.51. The van der Waals surface area contributed by atoms with Crippen LogP contribution < -0.4 is 4.74 Å². The molecule has 0 N–H and O–H groups in total. The third kappa shape index (κ3) is 3.50. The number of carbonyl (C=O) groups excluding carboxylic acids is 1. The molecule has 1 fully saturated rings. The van der Waals surface area contributed by atoms with Gasteiger partial charge in [-0.05, 0) is 36.5 Å². The standard InChI is InChI=1S/C15H20BrNO2/c1-15(2)4-6-17(7-5-15)14(18)11-8-12(16)10-13(9-11)19-3/h8-10H,4-7H2,1-3H3. The average molecular weight is 326 g/mol. The molecule has 0 saturated carbocycles. The molecule has 1 aliphatic heterocycles. The molecule has 0 aliphatic carbocycles. The Balaban J connectivity index is 2.14. The fraction of sp³-hybridized carbons (Fsp3) is 0.533. The number of methoxy groups -OCH3 is 1. The summed E-state index contributed by atoms with van der Waals surface area (Å²) in [4.78, 5) is 14.4. The summed E-state index contributed by atoms with van der Waals surface area (Å²) >= 11 is 3.41. The summed E-state index contributed by atoms with van der Waals surface area (Å²) in [5.41, 5.74) is 1.04. The molecule has 19 heavy (non-hydrogen) atoms. The van der Waals surface area contributed by atoms with Crippen molar-refractivity contribution < 1.29 is 9.53 Å². The smallest absolute Gasteiger partial charge is 0.254 e. The SMILES string of the molecule is COc1cc(Br)cc(C(=O)N2CCC(C)(C)CC2)c1. The van der Waals surface area contributed by atoms with Gasteiger partial charge in [0.2, 0.25) is 0 Å². The van der Waals surface area contributed by atoms with E-state index in [0.29, 0.717) is 16.7 Å². The first-order valence-electron chi connectivity index (χ1n) is 6.55. The first-order chi connectivity index (χ1) is 8.91. The minimum atomic E-state index is 0.0927. The fourth-order valence-corrected chi connectivity index (χ4v) is 2.77. The molecule has 0 radical (unpaired) electrons. The Hall–Kier alpha value is -1.03. The van der Waals surface area contributed by atoms with E-state index in [9.17, 15) is 4.79 Å². The van der Waals surface area contributed by atoms with E-state index in [0.717, 1.165) is 30.4 Å². The topological polar surface area (TPSA) is 29.5 Å². The van der Waals surface area contributed by atoms with Gasteiger partial charge in [0.25, 0.3) is 5.91 Å². The van der Waals surface area contributed by atoms with E-state index in [4.69, 9.17) is 4.74 Å². The number of likely N-dealkylation sites (tertiary alicyclic amines) is 1. The number of ether oxygens (including phenoxy) is 1. The van der Waals surface area contributed by atoms with Gasteiger partial charge in [-0.2, -0.15) is 0 Å². The van der Waals surface area contributed by atoms with Crippen LogP contribution in [0.4, 0.5) is 0 Å². The van der Waals surface area contributed by atoms with Crippen molar-refractivity contribution in [2.45, 2.75) is 26.7 Å². The molecule has 1 heterocycles. The van der Waals surface area contributed by atoms with Gasteiger partial charge in [0.15, 0.2) is 0 Å². The van der Waals surface area contributed by atoms with E-state index in [2.05, 4.69) is 29.8 Å². The van der Waals surface area contributed by atoms with Crippen LogP contribution in [-0.4, -0.2) is 31.0 Å². The van der Waals surface area contributed by atoms with Crippen molar-refractivity contribution in [3.63, 3.8) is 0 Å². The Kier molecular flexibility index (Phi) is 4.19. The van der Waals surface area contributed by atoms with E-state index in [1.807, 2.05) is 17.0 Å². The maximum atomic E-state index is 12.5. The van der Waals surface area contributed by atoms with Crippen molar-refractivity contribution in [1.29, 1.82) is 0 Å². The van der Waals surface area contributed by atoms with E-state index in [1.165, 1.54) is 0 Å². The number of nitrogens with zero attached hydrogens (tertiary/aromatic N) is 1. The first-order valence-corrected chi connectivity index (χ1v) is 7.34. The number of benzene rings is 1. The number of amides is 1. The van der Waals surface area contributed by atoms with Crippen LogP contribution in [0.1, 0.15) is 37.0 Å². The maximum absolute atomic E-state index is 12.5. The predicted octanol–water partition coefficient (Wildman–Crippen LogP) is 3.72. The summed E-state index contributed by atoms with van der Waals surface area (Å²) in [6.45, 7) is 6.19. The third-order valence-electron chi connectivity index (χ3n) is 3.76. The van der Waals surface area contributed by atoms with E-state index in [1.54, 1.807) is 13.2 Å². The van der Waals surface area contributed by atoms with Crippen molar-refractivity contribution >= 4 is 21.8 Å². The van der Waals surface area contributed by atoms with Crippen LogP contribution in [0.2, 0.25) is 0 Å². The minimum Gasteiger partial charge on any atom is -0.497 e. The second-order valence-electron chi connectivity index (χ2n) is 5.84. The highest BCUT2D eigenvalue weighted by atomic mass is 79.9. The van der Waals surface area contributed by atoms with Crippen LogP contribution >= 0.6 is 15.9 Å². The molecule has 1 aliphatic rings. The van der Waals surface area contributed by atoms with E-state index < -0.39 is 0 Å². The van der Waals surface area contributed by atoms with Gasteiger partial charge in [-0.25, -0.2) is 0 Å². The minimum absolute atomic E-state index is 0.0927. The zero-order valence-electron chi connectivity index (χ0n) is 11.7. The van der Waals surface area contributed by atoms with Gasteiger partial charge in [0.1, 0.15) is 5.75 Å². The van der Waals surface area contributed by atoms with Gasteiger partial charge >= 0.3 is 0 Å². The lowest BCUT2D eigenvalue weighted by Crippen LogP contribution is -2.41. The number of halogens is 1. The highest BCUT2D eigenvalue weighted by Gasteiger charge is 2.28. The van der Waals surface area contributed by atoms with Crippen molar-refractivity contribution in [1.82, 2.24) is 4.90 Å². The molecule has 0 bridgehead atoms.